The van der Waals surface area contributed by atoms with Crippen LogP contribution in [-0.2, 0) is 0 Å². The fourth-order valence-electron chi connectivity index (χ4n) is 0.404. The molecule has 0 amide bonds. The standard InChI is InChI=1S/C3H6FNS/c4-3-1-5(6)2-3/h3,6H,1-2H2. The van der Waals surface area contributed by atoms with Gasteiger partial charge >= 0.3 is 0 Å². The van der Waals surface area contributed by atoms with Crippen LogP contribution in [0.25, 0.3) is 0 Å². The number of nitrogens with zero attached hydrogens (tertiary/aromatic N) is 1. The Balaban J connectivity index is 2.11. The predicted octanol–water partition coefficient (Wildman–Crippen LogP) is 0.485. The minimum Gasteiger partial charge on any atom is -0.247 e. The highest BCUT2D eigenvalue weighted by molar-refractivity contribution is 7.77. The lowest BCUT2D eigenvalue weighted by Gasteiger charge is -2.28. The van der Waals surface area contributed by atoms with E-state index in [0.29, 0.717) is 13.1 Å². The Morgan fingerprint density at radius 1 is 1.67 bits per heavy atom. The van der Waals surface area contributed by atoms with E-state index in [4.69, 9.17) is 0 Å². The van der Waals surface area contributed by atoms with E-state index in [2.05, 4.69) is 12.8 Å². The smallest absolute Gasteiger partial charge is 0.127 e. The molecule has 1 rings (SSSR count). The molecular weight excluding hydrogens is 101 g/mol. The maximum absolute atomic E-state index is 11.7. The molecule has 0 unspecified atom stereocenters. The van der Waals surface area contributed by atoms with Crippen LogP contribution >= 0.6 is 12.8 Å². The van der Waals surface area contributed by atoms with Gasteiger partial charge in [0.25, 0.3) is 0 Å². The van der Waals surface area contributed by atoms with E-state index in [1.54, 1.807) is 4.31 Å². The van der Waals surface area contributed by atoms with Gasteiger partial charge in [-0.3, -0.25) is 0 Å². The Bertz CT molecular complexity index is 46.8. The van der Waals surface area contributed by atoms with Crippen molar-refractivity contribution in [1.82, 2.24) is 4.31 Å². The summed E-state index contributed by atoms with van der Waals surface area (Å²) in [5.41, 5.74) is 0. The summed E-state index contributed by atoms with van der Waals surface area (Å²) < 4.78 is 13.3. The van der Waals surface area contributed by atoms with Crippen LogP contribution in [0.4, 0.5) is 4.39 Å². The van der Waals surface area contributed by atoms with Gasteiger partial charge in [-0.15, -0.1) is 0 Å². The van der Waals surface area contributed by atoms with Gasteiger partial charge in [0.2, 0.25) is 0 Å². The van der Waals surface area contributed by atoms with E-state index >= 15 is 0 Å². The van der Waals surface area contributed by atoms with E-state index < -0.39 is 6.17 Å². The molecule has 1 fully saturated rings. The molecule has 0 saturated carbocycles. The van der Waals surface area contributed by atoms with Crippen LogP contribution in [0.5, 0.6) is 0 Å². The van der Waals surface area contributed by atoms with Gasteiger partial charge in [0.05, 0.1) is 0 Å². The third kappa shape index (κ3) is 0.656. The summed E-state index contributed by atoms with van der Waals surface area (Å²) in [6.07, 6.45) is -0.609. The number of thiol groups is 1. The van der Waals surface area contributed by atoms with E-state index in [9.17, 15) is 4.39 Å². The Hall–Kier alpha value is 0.240. The van der Waals surface area contributed by atoms with Gasteiger partial charge in [-0.05, 0) is 0 Å². The first-order valence-corrected chi connectivity index (χ1v) is 2.27. The molecule has 0 spiro atoms. The van der Waals surface area contributed by atoms with Crippen molar-refractivity contribution in [3.63, 3.8) is 0 Å². The zero-order valence-corrected chi connectivity index (χ0v) is 4.16. The highest BCUT2D eigenvalue weighted by Crippen LogP contribution is 2.11. The van der Waals surface area contributed by atoms with Crippen molar-refractivity contribution in [3.05, 3.63) is 0 Å². The lowest BCUT2D eigenvalue weighted by molar-refractivity contribution is 0.155. The largest absolute Gasteiger partial charge is 0.247 e. The fourth-order valence-corrected chi connectivity index (χ4v) is 0.758. The zero-order chi connectivity index (χ0) is 4.57. The number of halogens is 1. The summed E-state index contributed by atoms with van der Waals surface area (Å²) in [7, 11) is 0. The first-order valence-electron chi connectivity index (χ1n) is 1.87. The van der Waals surface area contributed by atoms with E-state index in [1.807, 2.05) is 0 Å². The number of rotatable bonds is 0. The average Bonchev–Trinajstić information content (AvgIpc) is 1.33. The Morgan fingerprint density at radius 3 is 2.17 bits per heavy atom. The third-order valence-corrected chi connectivity index (χ3v) is 1.14. The van der Waals surface area contributed by atoms with Crippen molar-refractivity contribution in [2.45, 2.75) is 6.17 Å². The SMILES string of the molecule is FC1CN(S)C1. The first-order chi connectivity index (χ1) is 2.79. The number of hydrogen-bond acceptors (Lipinski definition) is 2. The molecule has 0 bridgehead atoms. The number of alkyl halides is 1. The van der Waals surface area contributed by atoms with Crippen LogP contribution in [0.1, 0.15) is 0 Å². The summed E-state index contributed by atoms with van der Waals surface area (Å²) in [6, 6.07) is 0. The van der Waals surface area contributed by atoms with Gasteiger partial charge in [0.15, 0.2) is 0 Å². The third-order valence-electron chi connectivity index (χ3n) is 0.818. The van der Waals surface area contributed by atoms with E-state index in [-0.39, 0.29) is 0 Å². The van der Waals surface area contributed by atoms with E-state index in [1.165, 1.54) is 0 Å². The highest BCUT2D eigenvalue weighted by Gasteiger charge is 2.22. The molecule has 0 aromatic rings. The second-order valence-corrected chi connectivity index (χ2v) is 2.03. The van der Waals surface area contributed by atoms with Crippen LogP contribution in [0.2, 0.25) is 0 Å². The van der Waals surface area contributed by atoms with Crippen molar-refractivity contribution in [1.29, 1.82) is 0 Å². The average molecular weight is 107 g/mol. The van der Waals surface area contributed by atoms with Gasteiger partial charge in [0, 0.05) is 13.1 Å². The molecule has 1 nitrogen and oxygen atoms in total. The lowest BCUT2D eigenvalue weighted by Crippen LogP contribution is -2.41. The molecule has 1 aliphatic heterocycles. The first kappa shape index (κ1) is 4.40. The molecular formula is C3H6FNS. The zero-order valence-electron chi connectivity index (χ0n) is 3.26. The molecule has 0 atom stereocenters. The number of hydrogen-bond donors (Lipinski definition) is 1. The molecule has 3 heteroatoms. The molecule has 6 heavy (non-hydrogen) atoms. The maximum Gasteiger partial charge on any atom is 0.127 e. The summed E-state index contributed by atoms with van der Waals surface area (Å²) in [5, 5.41) is 0. The van der Waals surface area contributed by atoms with Gasteiger partial charge < -0.3 is 0 Å². The minimum absolute atomic E-state index is 0.503. The van der Waals surface area contributed by atoms with E-state index in [0.717, 1.165) is 0 Å². The van der Waals surface area contributed by atoms with Crippen molar-refractivity contribution in [3.8, 4) is 0 Å². The second kappa shape index (κ2) is 1.39. The molecule has 1 aliphatic rings. The quantitative estimate of drug-likeness (QED) is 0.441. The van der Waals surface area contributed by atoms with Gasteiger partial charge in [-0.2, -0.15) is 0 Å². The summed E-state index contributed by atoms with van der Waals surface area (Å²) in [4.78, 5) is 0. The summed E-state index contributed by atoms with van der Waals surface area (Å²) in [5.74, 6) is 0. The van der Waals surface area contributed by atoms with Gasteiger partial charge in [-0.1, -0.05) is 12.8 Å². The normalized spacial score (nSPS) is 27.0. The second-order valence-electron chi connectivity index (χ2n) is 1.47. The molecule has 0 aromatic heterocycles. The van der Waals surface area contributed by atoms with Crippen molar-refractivity contribution < 1.29 is 4.39 Å². The van der Waals surface area contributed by atoms with Gasteiger partial charge in [0.1, 0.15) is 6.17 Å². The maximum atomic E-state index is 11.7. The Kier molecular flexibility index (Phi) is 1.02. The van der Waals surface area contributed by atoms with Crippen LogP contribution in [0.15, 0.2) is 0 Å². The molecule has 1 saturated heterocycles. The van der Waals surface area contributed by atoms with Gasteiger partial charge in [-0.25, -0.2) is 8.70 Å². The predicted molar refractivity (Wildman–Crippen MR) is 25.5 cm³/mol. The van der Waals surface area contributed by atoms with Crippen molar-refractivity contribution >= 4 is 12.8 Å². The van der Waals surface area contributed by atoms with Crippen molar-refractivity contribution in [2.75, 3.05) is 13.1 Å². The van der Waals surface area contributed by atoms with Crippen LogP contribution in [0, 0.1) is 0 Å². The lowest BCUT2D eigenvalue weighted by atomic mass is 10.3. The molecule has 0 aromatic carbocycles. The molecule has 36 valence electrons. The summed E-state index contributed by atoms with van der Waals surface area (Å²) >= 11 is 3.84. The van der Waals surface area contributed by atoms with Crippen LogP contribution < -0.4 is 0 Å². The molecule has 0 radical (unpaired) electrons. The monoisotopic (exact) mass is 107 g/mol. The molecule has 0 N–H and O–H groups in total. The molecule has 0 aliphatic carbocycles. The highest BCUT2D eigenvalue weighted by atomic mass is 32.1. The molecule has 1 heterocycles. The minimum atomic E-state index is -0.609. The topological polar surface area (TPSA) is 3.24 Å². The fraction of sp³-hybridized carbons (Fsp3) is 1.00. The van der Waals surface area contributed by atoms with Crippen LogP contribution in [-0.4, -0.2) is 23.6 Å². The van der Waals surface area contributed by atoms with Crippen LogP contribution in [0.3, 0.4) is 0 Å². The Labute approximate surface area is 41.7 Å². The Morgan fingerprint density at radius 2 is 2.17 bits per heavy atom. The van der Waals surface area contributed by atoms with Crippen molar-refractivity contribution in [2.24, 2.45) is 0 Å². The summed E-state index contributed by atoms with van der Waals surface area (Å²) in [6.45, 7) is 1.01.